The smallest absolute Gasteiger partial charge is 0.136 e. The highest BCUT2D eigenvalue weighted by molar-refractivity contribution is 5.44. The summed E-state index contributed by atoms with van der Waals surface area (Å²) in [6.07, 6.45) is 3.71. The predicted molar refractivity (Wildman–Crippen MR) is 83.4 cm³/mol. The van der Waals surface area contributed by atoms with Crippen molar-refractivity contribution in [2.45, 2.75) is 51.6 Å². The summed E-state index contributed by atoms with van der Waals surface area (Å²) in [5.41, 5.74) is 6.39. The maximum absolute atomic E-state index is 4.80. The second-order valence-corrected chi connectivity index (χ2v) is 6.34. The molecule has 0 radical (unpaired) electrons. The minimum Gasteiger partial charge on any atom is -0.310 e. The molecule has 2 aliphatic rings. The van der Waals surface area contributed by atoms with Crippen LogP contribution in [0, 0.1) is 13.8 Å². The maximum atomic E-state index is 4.80. The van der Waals surface area contributed by atoms with Crippen LogP contribution < -0.4 is 5.32 Å². The molecule has 1 aromatic heterocycles. The van der Waals surface area contributed by atoms with Crippen molar-refractivity contribution in [3.63, 3.8) is 0 Å². The molecular formula is C18H21N3. The second kappa shape index (κ2) is 4.92. The number of hydrogen-bond donors (Lipinski definition) is 1. The van der Waals surface area contributed by atoms with Gasteiger partial charge in [-0.3, -0.25) is 0 Å². The summed E-state index contributed by atoms with van der Waals surface area (Å²) in [5, 5.41) is 3.57. The van der Waals surface area contributed by atoms with Crippen molar-refractivity contribution in [3.8, 4) is 0 Å². The van der Waals surface area contributed by atoms with E-state index >= 15 is 0 Å². The van der Waals surface area contributed by atoms with Crippen molar-refractivity contribution < 1.29 is 0 Å². The minimum absolute atomic E-state index is 0.393. The maximum Gasteiger partial charge on any atom is 0.136 e. The Labute approximate surface area is 125 Å². The van der Waals surface area contributed by atoms with Gasteiger partial charge in [0.15, 0.2) is 0 Å². The van der Waals surface area contributed by atoms with Gasteiger partial charge >= 0.3 is 0 Å². The van der Waals surface area contributed by atoms with Gasteiger partial charge in [0.2, 0.25) is 0 Å². The molecule has 0 aliphatic heterocycles. The summed E-state index contributed by atoms with van der Waals surface area (Å²) in [7, 11) is 0. The van der Waals surface area contributed by atoms with Crippen molar-refractivity contribution in [1.29, 1.82) is 0 Å². The molecule has 4 rings (SSSR count). The summed E-state index contributed by atoms with van der Waals surface area (Å²) in [5.74, 6) is 1.39. The quantitative estimate of drug-likeness (QED) is 0.935. The molecule has 0 bridgehead atoms. The molecule has 1 aromatic carbocycles. The van der Waals surface area contributed by atoms with E-state index in [1.54, 1.807) is 0 Å². The molecule has 0 spiro atoms. The topological polar surface area (TPSA) is 37.8 Å². The summed E-state index contributed by atoms with van der Waals surface area (Å²) < 4.78 is 0. The van der Waals surface area contributed by atoms with Gasteiger partial charge in [0.25, 0.3) is 0 Å². The summed E-state index contributed by atoms with van der Waals surface area (Å²) in [6, 6.07) is 9.36. The monoisotopic (exact) mass is 279 g/mol. The standard InChI is InChI=1S/C18H21N3/c1-11-17(10-19-14-7-8-14)12(2)21-18(20-11)16-9-13-5-3-4-6-15(13)16/h3-6,14,16,19H,7-10H2,1-2H3. The van der Waals surface area contributed by atoms with Crippen molar-refractivity contribution >= 4 is 0 Å². The number of aryl methyl sites for hydroxylation is 2. The van der Waals surface area contributed by atoms with Crippen molar-refractivity contribution in [1.82, 2.24) is 15.3 Å². The van der Waals surface area contributed by atoms with Gasteiger partial charge in [0.05, 0.1) is 0 Å². The molecule has 1 heterocycles. The first kappa shape index (κ1) is 13.0. The number of rotatable bonds is 4. The van der Waals surface area contributed by atoms with Crippen LogP contribution in [0.25, 0.3) is 0 Å². The van der Waals surface area contributed by atoms with Gasteiger partial charge in [-0.05, 0) is 44.2 Å². The molecule has 0 amide bonds. The molecule has 1 unspecified atom stereocenters. The molecule has 2 aromatic rings. The van der Waals surface area contributed by atoms with Crippen LogP contribution in [-0.4, -0.2) is 16.0 Å². The lowest BCUT2D eigenvalue weighted by Gasteiger charge is -2.29. The zero-order valence-corrected chi connectivity index (χ0v) is 12.7. The first-order chi connectivity index (χ1) is 10.2. The highest BCUT2D eigenvalue weighted by Crippen LogP contribution is 2.38. The molecule has 0 saturated heterocycles. The SMILES string of the molecule is Cc1nc(C2Cc3ccccc32)nc(C)c1CNC1CC1. The third kappa shape index (κ3) is 2.36. The van der Waals surface area contributed by atoms with E-state index in [1.165, 1.54) is 29.5 Å². The third-order valence-corrected chi connectivity index (χ3v) is 4.75. The number of nitrogens with one attached hydrogen (secondary N) is 1. The fourth-order valence-corrected chi connectivity index (χ4v) is 3.20. The lowest BCUT2D eigenvalue weighted by molar-refractivity contribution is 0.635. The van der Waals surface area contributed by atoms with Gasteiger partial charge in [-0.25, -0.2) is 9.97 Å². The number of hydrogen-bond acceptors (Lipinski definition) is 3. The van der Waals surface area contributed by atoms with E-state index in [1.807, 2.05) is 0 Å². The van der Waals surface area contributed by atoms with Gasteiger partial charge in [-0.1, -0.05) is 24.3 Å². The van der Waals surface area contributed by atoms with E-state index < -0.39 is 0 Å². The van der Waals surface area contributed by atoms with Gasteiger partial charge < -0.3 is 5.32 Å². The van der Waals surface area contributed by atoms with Crippen LogP contribution in [0.15, 0.2) is 24.3 Å². The van der Waals surface area contributed by atoms with Crippen LogP contribution in [0.1, 0.15) is 52.7 Å². The fraction of sp³-hybridized carbons (Fsp3) is 0.444. The first-order valence-corrected chi connectivity index (χ1v) is 7.87. The van der Waals surface area contributed by atoms with E-state index in [2.05, 4.69) is 43.4 Å². The Hall–Kier alpha value is -1.74. The van der Waals surface area contributed by atoms with Crippen molar-refractivity contribution in [2.24, 2.45) is 0 Å². The first-order valence-electron chi connectivity index (χ1n) is 7.87. The van der Waals surface area contributed by atoms with Crippen LogP contribution >= 0.6 is 0 Å². The lowest BCUT2D eigenvalue weighted by atomic mass is 9.77. The molecular weight excluding hydrogens is 258 g/mol. The summed E-state index contributed by atoms with van der Waals surface area (Å²) in [6.45, 7) is 5.14. The van der Waals surface area contributed by atoms with Crippen LogP contribution in [0.4, 0.5) is 0 Å². The number of benzene rings is 1. The van der Waals surface area contributed by atoms with Gasteiger partial charge in [-0.15, -0.1) is 0 Å². The zero-order chi connectivity index (χ0) is 14.4. The molecule has 1 saturated carbocycles. The number of fused-ring (bicyclic) bond motifs is 1. The Morgan fingerprint density at radius 3 is 2.48 bits per heavy atom. The highest BCUT2D eigenvalue weighted by atomic mass is 15.0. The largest absolute Gasteiger partial charge is 0.310 e. The van der Waals surface area contributed by atoms with E-state index in [-0.39, 0.29) is 0 Å². The number of nitrogens with zero attached hydrogens (tertiary/aromatic N) is 2. The molecule has 3 nitrogen and oxygen atoms in total. The Morgan fingerprint density at radius 1 is 1.10 bits per heavy atom. The third-order valence-electron chi connectivity index (χ3n) is 4.75. The summed E-state index contributed by atoms with van der Waals surface area (Å²) >= 11 is 0. The average Bonchev–Trinajstić information content (AvgIpc) is 3.23. The van der Waals surface area contributed by atoms with Gasteiger partial charge in [0, 0.05) is 35.5 Å². The van der Waals surface area contributed by atoms with Gasteiger partial charge in [0.1, 0.15) is 5.82 Å². The molecule has 3 heteroatoms. The Kier molecular flexibility index (Phi) is 3.03. The molecule has 108 valence electrons. The normalized spacial score (nSPS) is 20.0. The van der Waals surface area contributed by atoms with E-state index in [4.69, 9.17) is 9.97 Å². The summed E-state index contributed by atoms with van der Waals surface area (Å²) in [4.78, 5) is 9.60. The molecule has 21 heavy (non-hydrogen) atoms. The molecule has 1 atom stereocenters. The van der Waals surface area contributed by atoms with Crippen molar-refractivity contribution in [2.75, 3.05) is 0 Å². The van der Waals surface area contributed by atoms with Crippen LogP contribution in [-0.2, 0) is 13.0 Å². The van der Waals surface area contributed by atoms with E-state index in [0.29, 0.717) is 5.92 Å². The molecule has 1 N–H and O–H groups in total. The van der Waals surface area contributed by atoms with Crippen LogP contribution in [0.3, 0.4) is 0 Å². The Morgan fingerprint density at radius 2 is 1.81 bits per heavy atom. The van der Waals surface area contributed by atoms with E-state index in [0.717, 1.165) is 36.2 Å². The van der Waals surface area contributed by atoms with Gasteiger partial charge in [-0.2, -0.15) is 0 Å². The minimum atomic E-state index is 0.393. The zero-order valence-electron chi connectivity index (χ0n) is 12.7. The average molecular weight is 279 g/mol. The van der Waals surface area contributed by atoms with Crippen LogP contribution in [0.5, 0.6) is 0 Å². The van der Waals surface area contributed by atoms with Crippen LogP contribution in [0.2, 0.25) is 0 Å². The second-order valence-electron chi connectivity index (χ2n) is 6.34. The Bertz CT molecular complexity index is 666. The molecule has 2 aliphatic carbocycles. The molecule has 1 fully saturated rings. The highest BCUT2D eigenvalue weighted by Gasteiger charge is 2.30. The number of aromatic nitrogens is 2. The predicted octanol–water partition coefficient (Wildman–Crippen LogP) is 3.03. The fourth-order valence-electron chi connectivity index (χ4n) is 3.20. The Balaban J connectivity index is 1.60. The lowest BCUT2D eigenvalue weighted by Crippen LogP contribution is -2.23. The van der Waals surface area contributed by atoms with Crippen molar-refractivity contribution in [3.05, 3.63) is 58.2 Å². The van der Waals surface area contributed by atoms with E-state index in [9.17, 15) is 0 Å².